The van der Waals surface area contributed by atoms with Gasteiger partial charge in [-0.3, -0.25) is 4.79 Å². The van der Waals surface area contributed by atoms with Crippen molar-refractivity contribution in [2.45, 2.75) is 65.2 Å². The molecule has 0 fully saturated rings. The Morgan fingerprint density at radius 3 is 1.41 bits per heavy atom. The van der Waals surface area contributed by atoms with Gasteiger partial charge in [0.05, 0.1) is 19.8 Å². The number of hydrogen-bond donors (Lipinski definition) is 0. The number of Topliss-reactive ketones (excluding diaryl/α,β-unsaturated/α-hetero) is 1. The third-order valence-corrected chi connectivity index (χ3v) is 8.34. The van der Waals surface area contributed by atoms with Crippen LogP contribution in [0.25, 0.3) is 12.2 Å². The van der Waals surface area contributed by atoms with E-state index in [1.54, 1.807) is 19.1 Å². The number of ether oxygens (including phenoxy) is 5. The van der Waals surface area contributed by atoms with E-state index in [9.17, 15) is 22.4 Å². The molecule has 288 valence electrons. The van der Waals surface area contributed by atoms with Crippen LogP contribution in [0.2, 0.25) is 0 Å². The van der Waals surface area contributed by atoms with Gasteiger partial charge in [0.2, 0.25) is 17.5 Å². The Kier molecular flexibility index (Phi) is 17.5. The van der Waals surface area contributed by atoms with Gasteiger partial charge in [0.1, 0.15) is 30.5 Å². The van der Waals surface area contributed by atoms with Gasteiger partial charge in [0.15, 0.2) is 23.1 Å². The van der Waals surface area contributed by atoms with Crippen LogP contribution in [-0.4, -0.2) is 38.8 Å². The molecule has 0 aliphatic rings. The fraction of sp³-hybridized carbons (Fsp3) is 0.341. The van der Waals surface area contributed by atoms with Gasteiger partial charge in [-0.2, -0.15) is 13.2 Å². The molecule has 4 rings (SSSR count). The summed E-state index contributed by atoms with van der Waals surface area (Å²) in [5, 5.41) is 0. The maximum atomic E-state index is 14.1. The maximum absolute atomic E-state index is 14.1. The van der Waals surface area contributed by atoms with Crippen LogP contribution in [0.3, 0.4) is 0 Å². The highest BCUT2D eigenvalue weighted by molar-refractivity contribution is 5.78. The largest absolute Gasteiger partial charge is 0.494 e. The second kappa shape index (κ2) is 22.7. The van der Waals surface area contributed by atoms with Gasteiger partial charge in [0.25, 0.3) is 0 Å². The smallest absolute Gasteiger partial charge is 0.204 e. The van der Waals surface area contributed by atoms with Crippen molar-refractivity contribution >= 4 is 17.9 Å². The summed E-state index contributed by atoms with van der Waals surface area (Å²) in [5.74, 6) is -2.66. The first-order chi connectivity index (χ1) is 26.2. The molecule has 6 nitrogen and oxygen atoms in total. The van der Waals surface area contributed by atoms with Gasteiger partial charge in [0, 0.05) is 12.8 Å². The molecule has 10 heteroatoms. The zero-order valence-corrected chi connectivity index (χ0v) is 30.9. The summed E-state index contributed by atoms with van der Waals surface area (Å²) in [4.78, 5) is 12.3. The van der Waals surface area contributed by atoms with Crippen molar-refractivity contribution in [2.75, 3.05) is 33.0 Å². The van der Waals surface area contributed by atoms with Crippen molar-refractivity contribution in [1.82, 2.24) is 0 Å². The molecule has 0 saturated carbocycles. The topological polar surface area (TPSA) is 63.2 Å². The van der Waals surface area contributed by atoms with Crippen molar-refractivity contribution < 1.29 is 46.0 Å². The Bertz CT molecular complexity index is 1810. The molecule has 4 aromatic carbocycles. The summed E-state index contributed by atoms with van der Waals surface area (Å²) >= 11 is 0. The number of carbonyl (C=O) groups is 1. The molecule has 0 unspecified atom stereocenters. The zero-order chi connectivity index (χ0) is 38.5. The third-order valence-electron chi connectivity index (χ3n) is 8.34. The monoisotopic (exact) mass is 748 g/mol. The van der Waals surface area contributed by atoms with Crippen molar-refractivity contribution in [3.63, 3.8) is 0 Å². The molecule has 0 bridgehead atoms. The molecule has 0 atom stereocenters. The molecule has 0 heterocycles. The lowest BCUT2D eigenvalue weighted by Gasteiger charge is -2.09. The maximum Gasteiger partial charge on any atom is 0.204 e. The molecule has 0 N–H and O–H groups in total. The van der Waals surface area contributed by atoms with Crippen LogP contribution >= 0.6 is 0 Å². The van der Waals surface area contributed by atoms with Crippen LogP contribution < -0.4 is 23.7 Å². The Labute approximate surface area is 315 Å². The number of rotatable bonds is 24. The number of aryl methyl sites for hydroxylation is 1. The summed E-state index contributed by atoms with van der Waals surface area (Å²) in [6, 6.07) is 20.7. The molecular weight excluding hydrogens is 700 g/mol. The summed E-state index contributed by atoms with van der Waals surface area (Å²) in [6.07, 6.45) is 13.5. The second-order valence-electron chi connectivity index (χ2n) is 12.6. The van der Waals surface area contributed by atoms with Crippen LogP contribution in [0.4, 0.5) is 17.6 Å². The van der Waals surface area contributed by atoms with Crippen LogP contribution in [0.5, 0.6) is 28.7 Å². The van der Waals surface area contributed by atoms with Gasteiger partial charge in [-0.25, -0.2) is 4.39 Å². The van der Waals surface area contributed by atoms with Crippen molar-refractivity contribution in [1.29, 1.82) is 0 Å². The number of benzene rings is 4. The highest BCUT2D eigenvalue weighted by Gasteiger charge is 2.15. The first-order valence-electron chi connectivity index (χ1n) is 18.4. The van der Waals surface area contributed by atoms with Crippen molar-refractivity contribution in [3.05, 3.63) is 125 Å². The Balaban J connectivity index is 0.977. The lowest BCUT2D eigenvalue weighted by Crippen LogP contribution is -2.01. The lowest BCUT2D eigenvalue weighted by molar-refractivity contribution is -0.119. The predicted octanol–water partition coefficient (Wildman–Crippen LogP) is 11.3. The molecule has 0 radical (unpaired) electrons. The molecule has 0 saturated heterocycles. The van der Waals surface area contributed by atoms with E-state index in [0.29, 0.717) is 26.1 Å². The minimum atomic E-state index is -1.07. The van der Waals surface area contributed by atoms with E-state index < -0.39 is 23.3 Å². The van der Waals surface area contributed by atoms with E-state index in [1.807, 2.05) is 60.7 Å². The standard InChI is InChI=1S/C44H48F4O6/c1-3-50-38-26-27-40(44(48)43(38)47)54-31-11-13-34-19-23-37(24-20-34)52-29-9-5-7-15-35(49)14-6-4-8-28-51-36-21-17-33(18-22-36)12-10-30-53-39-25-16-32(2)41(45)42(39)46/h10-13,16-27H,3-9,14-15,28-31H2,1-2H3/b12-10+,13-11+. The molecule has 0 aromatic heterocycles. The first-order valence-corrected chi connectivity index (χ1v) is 18.4. The number of unbranched alkanes of at least 4 members (excludes halogenated alkanes) is 4. The van der Waals surface area contributed by atoms with Crippen LogP contribution in [0, 0.1) is 30.2 Å². The third kappa shape index (κ3) is 14.0. The van der Waals surface area contributed by atoms with Gasteiger partial charge < -0.3 is 23.7 Å². The number of carbonyl (C=O) groups excluding carboxylic acids is 1. The molecule has 0 spiro atoms. The Morgan fingerprint density at radius 2 is 0.944 bits per heavy atom. The highest BCUT2D eigenvalue weighted by Crippen LogP contribution is 2.28. The lowest BCUT2D eigenvalue weighted by atomic mass is 10.1. The van der Waals surface area contributed by atoms with E-state index in [1.165, 1.54) is 31.2 Å². The Morgan fingerprint density at radius 1 is 0.519 bits per heavy atom. The van der Waals surface area contributed by atoms with E-state index in [0.717, 1.165) is 61.2 Å². The first kappa shape index (κ1) is 41.5. The minimum absolute atomic E-state index is 0.0732. The zero-order valence-electron chi connectivity index (χ0n) is 30.9. The molecule has 0 aliphatic heterocycles. The van der Waals surface area contributed by atoms with Crippen LogP contribution in [0.1, 0.15) is 75.0 Å². The quantitative estimate of drug-likeness (QED) is 0.0525. The SMILES string of the molecule is CCOc1ccc(OC/C=C/c2ccc(OCCCCCC(=O)CCCCCOc3ccc(/C=C/COc4ccc(C)c(F)c4F)cc3)cc2)c(F)c1F. The normalized spacial score (nSPS) is 11.3. The molecule has 54 heavy (non-hydrogen) atoms. The number of ketones is 1. The van der Waals surface area contributed by atoms with Gasteiger partial charge in [-0.1, -0.05) is 42.5 Å². The van der Waals surface area contributed by atoms with Crippen LogP contribution in [-0.2, 0) is 4.79 Å². The molecule has 4 aromatic rings. The average Bonchev–Trinajstić information content (AvgIpc) is 3.18. The summed E-state index contributed by atoms with van der Waals surface area (Å²) in [5.41, 5.74) is 2.07. The summed E-state index contributed by atoms with van der Waals surface area (Å²) in [6.45, 7) is 4.75. The number of hydrogen-bond acceptors (Lipinski definition) is 6. The van der Waals surface area contributed by atoms with Gasteiger partial charge in [-0.05, 0) is 124 Å². The highest BCUT2D eigenvalue weighted by atomic mass is 19.2. The van der Waals surface area contributed by atoms with Gasteiger partial charge in [-0.15, -0.1) is 0 Å². The van der Waals surface area contributed by atoms with E-state index in [-0.39, 0.29) is 48.4 Å². The van der Waals surface area contributed by atoms with E-state index in [4.69, 9.17) is 23.7 Å². The fourth-order valence-corrected chi connectivity index (χ4v) is 5.33. The van der Waals surface area contributed by atoms with Gasteiger partial charge >= 0.3 is 0 Å². The second-order valence-corrected chi connectivity index (χ2v) is 12.6. The average molecular weight is 749 g/mol. The predicted molar refractivity (Wildman–Crippen MR) is 203 cm³/mol. The fourth-order valence-electron chi connectivity index (χ4n) is 5.33. The molecule has 0 amide bonds. The summed E-state index contributed by atoms with van der Waals surface area (Å²) in [7, 11) is 0. The summed E-state index contributed by atoms with van der Waals surface area (Å²) < 4.78 is 83.0. The molecule has 0 aliphatic carbocycles. The van der Waals surface area contributed by atoms with E-state index >= 15 is 0 Å². The van der Waals surface area contributed by atoms with E-state index in [2.05, 4.69) is 0 Å². The van der Waals surface area contributed by atoms with Crippen molar-refractivity contribution in [3.8, 4) is 28.7 Å². The molecular formula is C44H48F4O6. The van der Waals surface area contributed by atoms with Crippen LogP contribution in [0.15, 0.2) is 84.9 Å². The van der Waals surface area contributed by atoms with Crippen molar-refractivity contribution in [2.24, 2.45) is 0 Å². The minimum Gasteiger partial charge on any atom is -0.494 e. The Hall–Kier alpha value is -5.25. The number of halogens is 4.